The number of fused-ring (bicyclic) bond motifs is 2. The van der Waals surface area contributed by atoms with Gasteiger partial charge in [0.05, 0.1) is 26.7 Å². The third-order valence-corrected chi connectivity index (χ3v) is 5.19. The summed E-state index contributed by atoms with van der Waals surface area (Å²) in [7, 11) is 4.61. The van der Waals surface area contributed by atoms with Crippen LogP contribution < -0.4 is 28.6 Å². The van der Waals surface area contributed by atoms with Gasteiger partial charge in [0.15, 0.2) is 29.7 Å². The maximum atomic E-state index is 11.9. The highest BCUT2D eigenvalue weighted by Crippen LogP contribution is 2.44. The van der Waals surface area contributed by atoms with Crippen LogP contribution in [0.5, 0.6) is 28.7 Å². The zero-order valence-electron chi connectivity index (χ0n) is 18.9. The monoisotopic (exact) mass is 455 g/mol. The molecule has 2 aromatic carbocycles. The van der Waals surface area contributed by atoms with E-state index in [2.05, 4.69) is 9.97 Å². The number of nitrogens with zero attached hydrogens (tertiary/aromatic N) is 3. The predicted molar refractivity (Wildman–Crippen MR) is 119 cm³/mol. The van der Waals surface area contributed by atoms with E-state index in [4.69, 9.17) is 28.4 Å². The molecule has 0 unspecified atom stereocenters. The number of methoxy groups -OCH3 is 3. The number of aromatic nitrogens is 2. The molecule has 0 bridgehead atoms. The summed E-state index contributed by atoms with van der Waals surface area (Å²) in [5.41, 5.74) is 1.46. The average molecular weight is 455 g/mol. The van der Waals surface area contributed by atoms with Crippen molar-refractivity contribution in [3.05, 3.63) is 36.2 Å². The van der Waals surface area contributed by atoms with E-state index in [-0.39, 0.29) is 25.9 Å². The van der Waals surface area contributed by atoms with E-state index >= 15 is 0 Å². The molecular formula is C23H25N3O7. The zero-order chi connectivity index (χ0) is 23.4. The number of ether oxygens (including phenoxy) is 6. The number of anilines is 1. The second kappa shape index (κ2) is 9.68. The Hall–Kier alpha value is -3.95. The van der Waals surface area contributed by atoms with Gasteiger partial charge in [-0.3, -0.25) is 4.79 Å². The lowest BCUT2D eigenvalue weighted by Crippen LogP contribution is -2.28. The topological polar surface area (TPSA) is 101 Å². The first-order valence-corrected chi connectivity index (χ1v) is 10.3. The highest BCUT2D eigenvalue weighted by atomic mass is 16.7. The van der Waals surface area contributed by atoms with Crippen LogP contribution in [0.3, 0.4) is 0 Å². The van der Waals surface area contributed by atoms with E-state index in [9.17, 15) is 4.79 Å². The molecule has 2 heterocycles. The van der Waals surface area contributed by atoms with Crippen LogP contribution in [-0.4, -0.2) is 50.8 Å². The van der Waals surface area contributed by atoms with Crippen molar-refractivity contribution in [1.29, 1.82) is 0 Å². The van der Waals surface area contributed by atoms with Crippen LogP contribution in [0.2, 0.25) is 0 Å². The number of esters is 1. The Morgan fingerprint density at radius 2 is 1.82 bits per heavy atom. The Morgan fingerprint density at radius 3 is 2.55 bits per heavy atom. The van der Waals surface area contributed by atoms with Crippen molar-refractivity contribution in [2.45, 2.75) is 19.9 Å². The van der Waals surface area contributed by atoms with Gasteiger partial charge in [-0.1, -0.05) is 13.0 Å². The molecule has 1 aliphatic rings. The lowest BCUT2D eigenvalue weighted by Gasteiger charge is -2.25. The van der Waals surface area contributed by atoms with Crippen molar-refractivity contribution < 1.29 is 33.2 Å². The highest BCUT2D eigenvalue weighted by Gasteiger charge is 2.23. The summed E-state index contributed by atoms with van der Waals surface area (Å²) in [6.45, 7) is 2.31. The van der Waals surface area contributed by atoms with Gasteiger partial charge in [0, 0.05) is 13.0 Å². The van der Waals surface area contributed by atoms with Gasteiger partial charge in [0.1, 0.15) is 17.7 Å². The van der Waals surface area contributed by atoms with Gasteiger partial charge in [-0.2, -0.15) is 0 Å². The highest BCUT2D eigenvalue weighted by molar-refractivity contribution is 5.97. The number of hydrogen-bond donors (Lipinski definition) is 0. The minimum absolute atomic E-state index is 0.0100. The predicted octanol–water partition coefficient (Wildman–Crippen LogP) is 3.30. The summed E-state index contributed by atoms with van der Waals surface area (Å²) in [5.74, 6) is 2.89. The number of benzene rings is 2. The second-order valence-electron chi connectivity index (χ2n) is 7.12. The number of carbonyl (C=O) groups excluding carboxylic acids is 1. The molecule has 0 fully saturated rings. The molecule has 0 saturated heterocycles. The number of hydrogen-bond acceptors (Lipinski definition) is 10. The number of carbonyl (C=O) groups is 1. The third kappa shape index (κ3) is 4.36. The fourth-order valence-electron chi connectivity index (χ4n) is 3.60. The Morgan fingerprint density at radius 1 is 1.03 bits per heavy atom. The lowest BCUT2D eigenvalue weighted by atomic mass is 10.1. The molecule has 1 aliphatic heterocycles. The Bertz CT molecular complexity index is 1170. The largest absolute Gasteiger partial charge is 0.493 e. The maximum Gasteiger partial charge on any atom is 0.307 e. The van der Waals surface area contributed by atoms with E-state index in [0.717, 1.165) is 5.56 Å². The quantitative estimate of drug-likeness (QED) is 0.353. The van der Waals surface area contributed by atoms with E-state index < -0.39 is 0 Å². The Kier molecular flexibility index (Phi) is 6.53. The van der Waals surface area contributed by atoms with Crippen LogP contribution >= 0.6 is 0 Å². The summed E-state index contributed by atoms with van der Waals surface area (Å²) < 4.78 is 32.9. The summed E-state index contributed by atoms with van der Waals surface area (Å²) in [6.07, 6.45) is 1.70. The molecule has 0 N–H and O–H groups in total. The SMILES string of the molecule is CCC(=O)OCN(Cc1ccc2c(c1)OCO2)c1ncnc2c(OC)c(OC)c(OC)cc12. The summed E-state index contributed by atoms with van der Waals surface area (Å²) in [5, 5.41) is 0.653. The first-order valence-electron chi connectivity index (χ1n) is 10.3. The van der Waals surface area contributed by atoms with Gasteiger partial charge in [-0.25, -0.2) is 9.97 Å². The van der Waals surface area contributed by atoms with Gasteiger partial charge in [0.25, 0.3) is 0 Å². The first-order chi connectivity index (χ1) is 16.1. The van der Waals surface area contributed by atoms with Gasteiger partial charge in [-0.05, 0) is 23.8 Å². The van der Waals surface area contributed by atoms with E-state index in [1.165, 1.54) is 20.5 Å². The molecule has 0 radical (unpaired) electrons. The third-order valence-electron chi connectivity index (χ3n) is 5.19. The average Bonchev–Trinajstić information content (AvgIpc) is 3.32. The van der Waals surface area contributed by atoms with Crippen LogP contribution in [-0.2, 0) is 16.1 Å². The standard InChI is InChI=1S/C23H25N3O7/c1-5-19(27)31-12-26(10-14-6-7-16-17(8-14)33-13-32-16)23-15-9-18(28-2)21(29-3)22(30-4)20(15)24-11-25-23/h6-9,11H,5,10,12-13H2,1-4H3. The van der Waals surface area contributed by atoms with E-state index in [1.54, 1.807) is 20.1 Å². The minimum atomic E-state index is -0.319. The molecule has 0 aliphatic carbocycles. The van der Waals surface area contributed by atoms with E-state index in [1.807, 2.05) is 23.1 Å². The van der Waals surface area contributed by atoms with Crippen molar-refractivity contribution in [2.24, 2.45) is 0 Å². The van der Waals surface area contributed by atoms with Crippen molar-refractivity contribution in [1.82, 2.24) is 9.97 Å². The molecule has 4 rings (SSSR count). The van der Waals surface area contributed by atoms with Crippen molar-refractivity contribution in [2.75, 3.05) is 39.8 Å². The van der Waals surface area contributed by atoms with Crippen LogP contribution in [0.1, 0.15) is 18.9 Å². The molecule has 10 heteroatoms. The molecule has 10 nitrogen and oxygen atoms in total. The number of rotatable bonds is 9. The van der Waals surface area contributed by atoms with Crippen LogP contribution in [0.15, 0.2) is 30.6 Å². The molecule has 3 aromatic rings. The smallest absolute Gasteiger partial charge is 0.307 e. The van der Waals surface area contributed by atoms with E-state index in [0.29, 0.717) is 52.0 Å². The summed E-state index contributed by atoms with van der Waals surface area (Å²) in [4.78, 5) is 22.7. The van der Waals surface area contributed by atoms with Gasteiger partial charge < -0.3 is 33.3 Å². The van der Waals surface area contributed by atoms with Crippen LogP contribution in [0, 0.1) is 0 Å². The molecule has 0 spiro atoms. The Balaban J connectivity index is 1.80. The Labute approximate surface area is 190 Å². The maximum absolute atomic E-state index is 11.9. The summed E-state index contributed by atoms with van der Waals surface area (Å²) in [6, 6.07) is 7.45. The van der Waals surface area contributed by atoms with Gasteiger partial charge >= 0.3 is 5.97 Å². The molecule has 0 amide bonds. The van der Waals surface area contributed by atoms with Crippen LogP contribution in [0.4, 0.5) is 5.82 Å². The molecule has 0 atom stereocenters. The van der Waals surface area contributed by atoms with Crippen molar-refractivity contribution >= 4 is 22.7 Å². The van der Waals surface area contributed by atoms with Crippen molar-refractivity contribution in [3.8, 4) is 28.7 Å². The molecule has 0 saturated carbocycles. The zero-order valence-corrected chi connectivity index (χ0v) is 18.9. The van der Waals surface area contributed by atoms with Gasteiger partial charge in [0.2, 0.25) is 12.5 Å². The fourth-order valence-corrected chi connectivity index (χ4v) is 3.60. The summed E-state index contributed by atoms with van der Waals surface area (Å²) >= 11 is 0. The second-order valence-corrected chi connectivity index (χ2v) is 7.12. The van der Waals surface area contributed by atoms with Crippen LogP contribution in [0.25, 0.3) is 10.9 Å². The minimum Gasteiger partial charge on any atom is -0.493 e. The molecule has 174 valence electrons. The van der Waals surface area contributed by atoms with Crippen molar-refractivity contribution in [3.63, 3.8) is 0 Å². The molecular weight excluding hydrogens is 430 g/mol. The normalized spacial score (nSPS) is 11.9. The molecule has 33 heavy (non-hydrogen) atoms. The lowest BCUT2D eigenvalue weighted by molar-refractivity contribution is -0.143. The first kappa shape index (κ1) is 22.3. The fraction of sp³-hybridized carbons (Fsp3) is 0.348. The van der Waals surface area contributed by atoms with Gasteiger partial charge in [-0.15, -0.1) is 0 Å². The molecule has 1 aromatic heterocycles.